The number of nitrogen functional groups attached to an aromatic ring is 1. The number of halogens is 1. The lowest BCUT2D eigenvalue weighted by atomic mass is 9.94. The monoisotopic (exact) mass is 437 g/mol. The van der Waals surface area contributed by atoms with Crippen LogP contribution in [-0.4, -0.2) is 40.3 Å². The van der Waals surface area contributed by atoms with Gasteiger partial charge in [-0.25, -0.2) is 14.1 Å². The van der Waals surface area contributed by atoms with Gasteiger partial charge in [-0.15, -0.1) is 0 Å². The molecule has 5 rings (SSSR count). The first kappa shape index (κ1) is 20.5. The van der Waals surface area contributed by atoms with Crippen molar-refractivity contribution in [1.29, 1.82) is 0 Å². The van der Waals surface area contributed by atoms with Gasteiger partial charge in [-0.05, 0) is 61.6 Å². The van der Waals surface area contributed by atoms with Gasteiger partial charge < -0.3 is 15.4 Å². The Hall–Kier alpha value is -3.42. The van der Waals surface area contributed by atoms with Gasteiger partial charge in [0.1, 0.15) is 12.4 Å². The molecule has 2 aromatic rings. The lowest BCUT2D eigenvalue weighted by Gasteiger charge is -2.30. The van der Waals surface area contributed by atoms with E-state index in [-0.39, 0.29) is 30.4 Å². The average Bonchev–Trinajstić information content (AvgIpc) is 3.39. The minimum absolute atomic E-state index is 0.0598. The SMILES string of the molecule is C[C@H]1CC[C@@H](c2ccc(F)cc2)N1C(=O)CN1C(=O)OC2(CCc3cc(N)ccc32)C1=O. The van der Waals surface area contributed by atoms with E-state index in [4.69, 9.17) is 10.5 Å². The summed E-state index contributed by atoms with van der Waals surface area (Å²) in [5, 5.41) is 0. The van der Waals surface area contributed by atoms with E-state index in [1.54, 1.807) is 35.2 Å². The van der Waals surface area contributed by atoms with Gasteiger partial charge >= 0.3 is 6.09 Å². The molecule has 3 aliphatic rings. The molecule has 2 heterocycles. The summed E-state index contributed by atoms with van der Waals surface area (Å²) in [7, 11) is 0. The van der Waals surface area contributed by atoms with Crippen LogP contribution in [0.25, 0.3) is 0 Å². The third kappa shape index (κ3) is 3.04. The summed E-state index contributed by atoms with van der Waals surface area (Å²) >= 11 is 0. The number of fused-ring (bicyclic) bond motifs is 2. The summed E-state index contributed by atoms with van der Waals surface area (Å²) in [6, 6.07) is 11.0. The van der Waals surface area contributed by atoms with E-state index < -0.39 is 17.6 Å². The van der Waals surface area contributed by atoms with Gasteiger partial charge in [0.05, 0.1) is 6.04 Å². The van der Waals surface area contributed by atoms with Gasteiger partial charge in [-0.2, -0.15) is 0 Å². The minimum Gasteiger partial charge on any atom is -0.427 e. The fraction of sp³-hybridized carbons (Fsp3) is 0.375. The van der Waals surface area contributed by atoms with Gasteiger partial charge in [-0.1, -0.05) is 18.2 Å². The molecule has 3 amide bonds. The first-order valence-corrected chi connectivity index (χ1v) is 10.8. The van der Waals surface area contributed by atoms with Crippen LogP contribution in [0.3, 0.4) is 0 Å². The molecule has 0 radical (unpaired) electrons. The van der Waals surface area contributed by atoms with Gasteiger partial charge in [0, 0.05) is 23.7 Å². The van der Waals surface area contributed by atoms with Crippen molar-refractivity contribution in [1.82, 2.24) is 9.80 Å². The molecular weight excluding hydrogens is 413 g/mol. The maximum absolute atomic E-state index is 13.4. The first-order valence-electron chi connectivity index (χ1n) is 10.8. The molecule has 8 heteroatoms. The third-order valence-electron chi connectivity index (χ3n) is 6.89. The summed E-state index contributed by atoms with van der Waals surface area (Å²) in [6.07, 6.45) is 1.61. The Morgan fingerprint density at radius 1 is 1.19 bits per heavy atom. The van der Waals surface area contributed by atoms with Crippen molar-refractivity contribution in [2.75, 3.05) is 12.3 Å². The number of likely N-dealkylation sites (tertiary alicyclic amines) is 1. The summed E-state index contributed by atoms with van der Waals surface area (Å²) in [5.74, 6) is -1.18. The number of carbonyl (C=O) groups excluding carboxylic acids is 3. The van der Waals surface area contributed by atoms with E-state index in [0.717, 1.165) is 28.9 Å². The molecule has 0 saturated carbocycles. The zero-order valence-electron chi connectivity index (χ0n) is 17.7. The lowest BCUT2D eigenvalue weighted by molar-refractivity contribution is -0.143. The number of ether oxygens (including phenoxy) is 1. The minimum atomic E-state index is -1.38. The molecule has 0 aromatic heterocycles. The van der Waals surface area contributed by atoms with Gasteiger partial charge in [-0.3, -0.25) is 9.59 Å². The van der Waals surface area contributed by atoms with Crippen molar-refractivity contribution in [2.24, 2.45) is 0 Å². The van der Waals surface area contributed by atoms with E-state index >= 15 is 0 Å². The largest absolute Gasteiger partial charge is 0.427 e. The fourth-order valence-corrected chi connectivity index (χ4v) is 5.31. The number of rotatable bonds is 3. The van der Waals surface area contributed by atoms with E-state index in [1.807, 2.05) is 6.92 Å². The van der Waals surface area contributed by atoms with Crippen LogP contribution in [0.15, 0.2) is 42.5 Å². The number of carbonyl (C=O) groups is 3. The normalized spacial score (nSPS) is 26.7. The summed E-state index contributed by atoms with van der Waals surface area (Å²) < 4.78 is 19.0. The summed E-state index contributed by atoms with van der Waals surface area (Å²) in [4.78, 5) is 41.9. The summed E-state index contributed by atoms with van der Waals surface area (Å²) in [5.41, 5.74) is 7.40. The van der Waals surface area contributed by atoms with Crippen LogP contribution in [0.2, 0.25) is 0 Å². The van der Waals surface area contributed by atoms with Crippen molar-refractivity contribution < 1.29 is 23.5 Å². The molecule has 2 aromatic carbocycles. The molecule has 0 bridgehead atoms. The highest BCUT2D eigenvalue weighted by atomic mass is 19.1. The molecule has 3 atom stereocenters. The van der Waals surface area contributed by atoms with Crippen molar-refractivity contribution in [3.63, 3.8) is 0 Å². The number of hydrogen-bond donors (Lipinski definition) is 1. The lowest BCUT2D eigenvalue weighted by Crippen LogP contribution is -2.46. The molecule has 1 spiro atoms. The van der Waals surface area contributed by atoms with Crippen molar-refractivity contribution in [3.05, 3.63) is 65.0 Å². The highest BCUT2D eigenvalue weighted by Crippen LogP contribution is 2.46. The predicted molar refractivity (Wildman–Crippen MR) is 114 cm³/mol. The Balaban J connectivity index is 1.38. The van der Waals surface area contributed by atoms with Crippen LogP contribution in [0.5, 0.6) is 0 Å². The average molecular weight is 437 g/mol. The maximum atomic E-state index is 13.4. The second-order valence-electron chi connectivity index (χ2n) is 8.80. The highest BCUT2D eigenvalue weighted by molar-refractivity contribution is 6.06. The molecule has 2 saturated heterocycles. The van der Waals surface area contributed by atoms with Crippen molar-refractivity contribution in [2.45, 2.75) is 50.3 Å². The Labute approximate surface area is 184 Å². The smallest absolute Gasteiger partial charge is 0.418 e. The van der Waals surface area contributed by atoms with E-state index in [0.29, 0.717) is 24.1 Å². The fourth-order valence-electron chi connectivity index (χ4n) is 5.31. The Morgan fingerprint density at radius 2 is 1.94 bits per heavy atom. The number of anilines is 1. The third-order valence-corrected chi connectivity index (χ3v) is 6.89. The number of benzene rings is 2. The highest BCUT2D eigenvalue weighted by Gasteiger charge is 2.58. The molecule has 1 unspecified atom stereocenters. The number of hydrogen-bond acceptors (Lipinski definition) is 5. The van der Waals surface area contributed by atoms with Gasteiger partial charge in [0.2, 0.25) is 11.5 Å². The van der Waals surface area contributed by atoms with Crippen LogP contribution in [-0.2, 0) is 26.3 Å². The van der Waals surface area contributed by atoms with E-state index in [2.05, 4.69) is 0 Å². The number of imide groups is 1. The van der Waals surface area contributed by atoms with Crippen LogP contribution >= 0.6 is 0 Å². The Morgan fingerprint density at radius 3 is 2.69 bits per heavy atom. The van der Waals surface area contributed by atoms with Crippen LogP contribution in [0.4, 0.5) is 14.9 Å². The zero-order chi connectivity index (χ0) is 22.6. The number of nitrogens with zero attached hydrogens (tertiary/aromatic N) is 2. The second kappa shape index (κ2) is 7.32. The molecule has 2 aliphatic heterocycles. The number of aryl methyl sites for hydroxylation is 1. The molecule has 2 N–H and O–H groups in total. The van der Waals surface area contributed by atoms with Gasteiger partial charge in [0.15, 0.2) is 0 Å². The molecule has 7 nitrogen and oxygen atoms in total. The zero-order valence-corrected chi connectivity index (χ0v) is 17.7. The summed E-state index contributed by atoms with van der Waals surface area (Å²) in [6.45, 7) is 1.55. The van der Waals surface area contributed by atoms with E-state index in [1.165, 1.54) is 12.1 Å². The molecule has 32 heavy (non-hydrogen) atoms. The quantitative estimate of drug-likeness (QED) is 0.744. The maximum Gasteiger partial charge on any atom is 0.418 e. The Kier molecular flexibility index (Phi) is 4.69. The number of nitrogens with two attached hydrogens (primary N) is 1. The van der Waals surface area contributed by atoms with E-state index in [9.17, 15) is 18.8 Å². The van der Waals surface area contributed by atoms with Crippen LogP contribution < -0.4 is 5.73 Å². The standard InChI is InChI=1S/C24H24FN3O4/c1-14-2-9-20(15-3-5-17(25)6-4-15)28(14)21(29)13-27-22(30)24(32-23(27)31)11-10-16-12-18(26)7-8-19(16)24/h3-8,12,14,20H,2,9-11,13,26H2,1H3/t14-,20-,24?/m0/s1. The number of amides is 3. The predicted octanol–water partition coefficient (Wildman–Crippen LogP) is 3.28. The van der Waals surface area contributed by atoms with Crippen LogP contribution in [0, 0.1) is 5.82 Å². The van der Waals surface area contributed by atoms with Crippen molar-refractivity contribution in [3.8, 4) is 0 Å². The van der Waals surface area contributed by atoms with Gasteiger partial charge in [0.25, 0.3) is 5.91 Å². The molecule has 2 fully saturated rings. The molecule has 166 valence electrons. The Bertz CT molecular complexity index is 1120. The molecule has 1 aliphatic carbocycles. The first-order chi connectivity index (χ1) is 15.3. The topological polar surface area (TPSA) is 92.9 Å². The second-order valence-corrected chi connectivity index (χ2v) is 8.80. The molecular formula is C24H24FN3O4. The van der Waals surface area contributed by atoms with Crippen LogP contribution in [0.1, 0.15) is 48.9 Å². The van der Waals surface area contributed by atoms with Crippen molar-refractivity contribution >= 4 is 23.6 Å².